The maximum atomic E-state index is 6.18. The number of hydrogen-bond donors (Lipinski definition) is 1. The van der Waals surface area contributed by atoms with Crippen molar-refractivity contribution >= 4 is 28.1 Å². The van der Waals surface area contributed by atoms with Crippen molar-refractivity contribution in [2.45, 2.75) is 6.92 Å². The fraction of sp³-hybridized carbons (Fsp3) is 0.0769. The van der Waals surface area contributed by atoms with Crippen LogP contribution in [-0.4, -0.2) is 14.8 Å². The van der Waals surface area contributed by atoms with Crippen LogP contribution in [0.1, 0.15) is 5.69 Å². The first kappa shape index (κ1) is 11.0. The van der Waals surface area contributed by atoms with E-state index in [0.29, 0.717) is 10.7 Å². The molecule has 1 aromatic carbocycles. The Morgan fingerprint density at radius 2 is 2.11 bits per heavy atom. The molecule has 0 aliphatic rings. The molecule has 4 nitrogen and oxygen atoms in total. The minimum atomic E-state index is 0.629. The van der Waals surface area contributed by atoms with E-state index < -0.39 is 0 Å². The van der Waals surface area contributed by atoms with E-state index in [0.717, 1.165) is 22.2 Å². The first-order valence-corrected chi connectivity index (χ1v) is 5.89. The molecule has 0 aliphatic heterocycles. The number of rotatable bonds is 1. The van der Waals surface area contributed by atoms with Crippen LogP contribution in [0, 0.1) is 6.92 Å². The Morgan fingerprint density at radius 3 is 2.83 bits per heavy atom. The SMILES string of the molecule is Cc1nn(-c2ccc3cnccc3c2N)cc1Cl. The Bertz CT molecular complexity index is 713. The summed E-state index contributed by atoms with van der Waals surface area (Å²) in [5.41, 5.74) is 8.46. The van der Waals surface area contributed by atoms with E-state index >= 15 is 0 Å². The van der Waals surface area contributed by atoms with E-state index in [1.165, 1.54) is 0 Å². The van der Waals surface area contributed by atoms with E-state index in [2.05, 4.69) is 10.1 Å². The minimum absolute atomic E-state index is 0.629. The zero-order chi connectivity index (χ0) is 12.7. The van der Waals surface area contributed by atoms with Crippen LogP contribution < -0.4 is 5.73 Å². The summed E-state index contributed by atoms with van der Waals surface area (Å²) < 4.78 is 1.70. The van der Waals surface area contributed by atoms with Crippen LogP contribution in [0.15, 0.2) is 36.8 Å². The molecule has 0 amide bonds. The van der Waals surface area contributed by atoms with Gasteiger partial charge < -0.3 is 5.73 Å². The summed E-state index contributed by atoms with van der Waals surface area (Å²) in [5, 5.41) is 6.94. The molecule has 0 radical (unpaired) electrons. The van der Waals surface area contributed by atoms with Crippen molar-refractivity contribution in [2.24, 2.45) is 0 Å². The van der Waals surface area contributed by atoms with E-state index in [4.69, 9.17) is 17.3 Å². The normalized spacial score (nSPS) is 11.0. The first-order valence-electron chi connectivity index (χ1n) is 5.51. The van der Waals surface area contributed by atoms with Gasteiger partial charge in [0.2, 0.25) is 0 Å². The van der Waals surface area contributed by atoms with E-state index in [1.807, 2.05) is 25.1 Å². The van der Waals surface area contributed by atoms with Crippen LogP contribution in [0.25, 0.3) is 16.5 Å². The monoisotopic (exact) mass is 258 g/mol. The lowest BCUT2D eigenvalue weighted by Gasteiger charge is -2.08. The van der Waals surface area contributed by atoms with Crippen molar-refractivity contribution in [3.8, 4) is 5.69 Å². The van der Waals surface area contributed by atoms with Gasteiger partial charge in [0.1, 0.15) is 0 Å². The molecule has 0 atom stereocenters. The third kappa shape index (κ3) is 1.62. The number of benzene rings is 1. The number of aromatic nitrogens is 3. The number of halogens is 1. The highest BCUT2D eigenvalue weighted by Crippen LogP contribution is 2.27. The molecule has 0 aliphatic carbocycles. The second kappa shape index (κ2) is 3.99. The topological polar surface area (TPSA) is 56.7 Å². The molecule has 0 saturated carbocycles. The Morgan fingerprint density at radius 1 is 1.28 bits per heavy atom. The molecular formula is C13H11ClN4. The highest BCUT2D eigenvalue weighted by molar-refractivity contribution is 6.31. The molecule has 2 aromatic heterocycles. The van der Waals surface area contributed by atoms with Gasteiger partial charge in [0, 0.05) is 29.4 Å². The van der Waals surface area contributed by atoms with Crippen LogP contribution in [0.5, 0.6) is 0 Å². The summed E-state index contributed by atoms with van der Waals surface area (Å²) in [6, 6.07) is 5.78. The second-order valence-corrected chi connectivity index (χ2v) is 4.51. The maximum absolute atomic E-state index is 6.18. The Kier molecular flexibility index (Phi) is 2.45. The predicted molar refractivity (Wildman–Crippen MR) is 73.0 cm³/mol. The van der Waals surface area contributed by atoms with Crippen LogP contribution in [-0.2, 0) is 0 Å². The van der Waals surface area contributed by atoms with Crippen molar-refractivity contribution in [2.75, 3.05) is 5.73 Å². The average molecular weight is 259 g/mol. The molecule has 0 saturated heterocycles. The van der Waals surface area contributed by atoms with Gasteiger partial charge in [0.05, 0.1) is 22.1 Å². The van der Waals surface area contributed by atoms with Crippen molar-refractivity contribution in [1.29, 1.82) is 0 Å². The van der Waals surface area contributed by atoms with E-state index in [1.54, 1.807) is 23.3 Å². The molecule has 3 aromatic rings. The third-order valence-corrected chi connectivity index (χ3v) is 3.30. The van der Waals surface area contributed by atoms with Crippen LogP contribution >= 0.6 is 11.6 Å². The van der Waals surface area contributed by atoms with Crippen molar-refractivity contribution in [3.63, 3.8) is 0 Å². The Hall–Kier alpha value is -2.07. The molecule has 2 N–H and O–H groups in total. The zero-order valence-electron chi connectivity index (χ0n) is 9.76. The lowest BCUT2D eigenvalue weighted by molar-refractivity contribution is 0.866. The number of aryl methyl sites for hydroxylation is 1. The fourth-order valence-electron chi connectivity index (χ4n) is 1.94. The van der Waals surface area contributed by atoms with Gasteiger partial charge in [-0.05, 0) is 19.1 Å². The molecule has 0 spiro atoms. The third-order valence-electron chi connectivity index (χ3n) is 2.92. The summed E-state index contributed by atoms with van der Waals surface area (Å²) in [5.74, 6) is 0. The van der Waals surface area contributed by atoms with Crippen molar-refractivity contribution < 1.29 is 0 Å². The summed E-state index contributed by atoms with van der Waals surface area (Å²) in [7, 11) is 0. The van der Waals surface area contributed by atoms with Crippen molar-refractivity contribution in [3.05, 3.63) is 47.5 Å². The molecule has 0 bridgehead atoms. The number of hydrogen-bond acceptors (Lipinski definition) is 3. The fourth-order valence-corrected chi connectivity index (χ4v) is 2.07. The average Bonchev–Trinajstić information content (AvgIpc) is 2.70. The largest absolute Gasteiger partial charge is 0.396 e. The van der Waals surface area contributed by atoms with Gasteiger partial charge in [0.25, 0.3) is 0 Å². The van der Waals surface area contributed by atoms with Crippen LogP contribution in [0.2, 0.25) is 5.02 Å². The number of nitrogens with zero attached hydrogens (tertiary/aromatic N) is 3. The van der Waals surface area contributed by atoms with Gasteiger partial charge in [0.15, 0.2) is 0 Å². The summed E-state index contributed by atoms with van der Waals surface area (Å²) in [4.78, 5) is 4.08. The standard InChI is InChI=1S/C13H11ClN4/c1-8-11(14)7-18(17-8)12-3-2-9-6-16-5-4-10(9)13(12)15/h2-7H,15H2,1H3. The lowest BCUT2D eigenvalue weighted by atomic mass is 10.1. The van der Waals surface area contributed by atoms with Gasteiger partial charge in [-0.3, -0.25) is 4.98 Å². The molecule has 3 rings (SSSR count). The van der Waals surface area contributed by atoms with Crippen LogP contribution in [0.4, 0.5) is 5.69 Å². The number of nitrogens with two attached hydrogens (primary N) is 1. The van der Waals surface area contributed by atoms with Gasteiger partial charge in [-0.25, -0.2) is 4.68 Å². The zero-order valence-corrected chi connectivity index (χ0v) is 10.5. The minimum Gasteiger partial charge on any atom is -0.396 e. The van der Waals surface area contributed by atoms with E-state index in [9.17, 15) is 0 Å². The lowest BCUT2D eigenvalue weighted by Crippen LogP contribution is -2.01. The molecule has 0 fully saturated rings. The van der Waals surface area contributed by atoms with Gasteiger partial charge >= 0.3 is 0 Å². The quantitative estimate of drug-likeness (QED) is 0.683. The number of anilines is 1. The first-order chi connectivity index (χ1) is 8.66. The molecular weight excluding hydrogens is 248 g/mol. The van der Waals surface area contributed by atoms with Gasteiger partial charge in [-0.1, -0.05) is 17.7 Å². The Balaban J connectivity index is 2.27. The molecule has 18 heavy (non-hydrogen) atoms. The number of fused-ring (bicyclic) bond motifs is 1. The molecule has 2 heterocycles. The summed E-state index contributed by atoms with van der Waals surface area (Å²) in [6.07, 6.45) is 5.27. The summed E-state index contributed by atoms with van der Waals surface area (Å²) >= 11 is 6.02. The van der Waals surface area contributed by atoms with Gasteiger partial charge in [-0.2, -0.15) is 5.10 Å². The molecule has 0 unspecified atom stereocenters. The maximum Gasteiger partial charge on any atom is 0.0882 e. The Labute approximate surface area is 109 Å². The summed E-state index contributed by atoms with van der Waals surface area (Å²) in [6.45, 7) is 1.86. The number of nitrogen functional groups attached to an aromatic ring is 1. The smallest absolute Gasteiger partial charge is 0.0882 e. The predicted octanol–water partition coefficient (Wildman–Crippen LogP) is 2.96. The van der Waals surface area contributed by atoms with Crippen molar-refractivity contribution in [1.82, 2.24) is 14.8 Å². The molecule has 90 valence electrons. The second-order valence-electron chi connectivity index (χ2n) is 4.10. The number of pyridine rings is 1. The highest BCUT2D eigenvalue weighted by Gasteiger charge is 2.09. The highest BCUT2D eigenvalue weighted by atomic mass is 35.5. The molecule has 5 heteroatoms. The van der Waals surface area contributed by atoms with Gasteiger partial charge in [-0.15, -0.1) is 0 Å². The van der Waals surface area contributed by atoms with E-state index in [-0.39, 0.29) is 0 Å². The van der Waals surface area contributed by atoms with Crippen LogP contribution in [0.3, 0.4) is 0 Å².